The molecule has 0 aromatic carbocycles. The summed E-state index contributed by atoms with van der Waals surface area (Å²) in [7, 11) is 1.76. The van der Waals surface area contributed by atoms with Crippen molar-refractivity contribution >= 4 is 5.91 Å². The summed E-state index contributed by atoms with van der Waals surface area (Å²) in [5, 5.41) is 4.07. The smallest absolute Gasteiger partial charge is 0.259 e. The molecule has 0 bridgehead atoms. The number of nitrogens with zero attached hydrogens (tertiary/aromatic N) is 2. The first-order valence-corrected chi connectivity index (χ1v) is 8.90. The average Bonchev–Trinajstić information content (AvgIpc) is 2.97. The predicted molar refractivity (Wildman–Crippen MR) is 89.2 cm³/mol. The van der Waals surface area contributed by atoms with E-state index in [1.54, 1.807) is 7.11 Å². The Balaban J connectivity index is 1.73. The Morgan fingerprint density at radius 3 is 2.71 bits per heavy atom. The van der Waals surface area contributed by atoms with Gasteiger partial charge in [-0.1, -0.05) is 19.0 Å². The van der Waals surface area contributed by atoms with Gasteiger partial charge in [-0.2, -0.15) is 0 Å². The van der Waals surface area contributed by atoms with Crippen LogP contribution in [0, 0.1) is 6.92 Å². The van der Waals surface area contributed by atoms with Crippen molar-refractivity contribution in [2.45, 2.75) is 64.1 Å². The fourth-order valence-corrected chi connectivity index (χ4v) is 3.99. The van der Waals surface area contributed by atoms with Gasteiger partial charge < -0.3 is 18.9 Å². The Kier molecular flexibility index (Phi) is 4.97. The van der Waals surface area contributed by atoms with Crippen LogP contribution >= 0.6 is 0 Å². The minimum atomic E-state index is -0.228. The zero-order chi connectivity index (χ0) is 17.3. The molecule has 2 aliphatic heterocycles. The van der Waals surface area contributed by atoms with Crippen LogP contribution in [0.25, 0.3) is 0 Å². The monoisotopic (exact) mass is 336 g/mol. The third-order valence-corrected chi connectivity index (χ3v) is 5.42. The molecule has 0 unspecified atom stereocenters. The van der Waals surface area contributed by atoms with Gasteiger partial charge in [-0.05, 0) is 38.5 Å². The minimum Gasteiger partial charge on any atom is -0.378 e. The van der Waals surface area contributed by atoms with Crippen LogP contribution in [0.15, 0.2) is 4.52 Å². The summed E-state index contributed by atoms with van der Waals surface area (Å²) in [5.74, 6) is 0.793. The lowest BCUT2D eigenvalue weighted by Crippen LogP contribution is -2.56. The molecule has 24 heavy (non-hydrogen) atoms. The Morgan fingerprint density at radius 1 is 1.38 bits per heavy atom. The second-order valence-corrected chi connectivity index (χ2v) is 7.23. The molecule has 1 atom stereocenters. The van der Waals surface area contributed by atoms with Gasteiger partial charge in [0, 0.05) is 26.8 Å². The average molecular weight is 336 g/mol. The molecule has 0 N–H and O–H groups in total. The third kappa shape index (κ3) is 2.97. The summed E-state index contributed by atoms with van der Waals surface area (Å²) in [4.78, 5) is 14.9. The van der Waals surface area contributed by atoms with Crippen molar-refractivity contribution in [3.63, 3.8) is 0 Å². The molecule has 3 rings (SSSR count). The van der Waals surface area contributed by atoms with Crippen LogP contribution in [-0.2, 0) is 9.47 Å². The molecule has 134 valence electrons. The second-order valence-electron chi connectivity index (χ2n) is 7.23. The number of ether oxygens (including phenoxy) is 2. The van der Waals surface area contributed by atoms with E-state index in [0.29, 0.717) is 24.4 Å². The van der Waals surface area contributed by atoms with Gasteiger partial charge in [0.25, 0.3) is 5.91 Å². The molecule has 3 heterocycles. The van der Waals surface area contributed by atoms with Crippen LogP contribution in [0.5, 0.6) is 0 Å². The summed E-state index contributed by atoms with van der Waals surface area (Å²) >= 11 is 0. The first kappa shape index (κ1) is 17.4. The standard InChI is InChI=1S/C18H28N2O4/c1-12(2)16-15(13(3)24-19-16)17(21)20-9-7-18(8-10-20)14(22-4)6-5-11-23-18/h12,14H,5-11H2,1-4H3/t14-/m1/s1. The van der Waals surface area contributed by atoms with Crippen molar-refractivity contribution in [2.24, 2.45) is 0 Å². The molecule has 2 fully saturated rings. The van der Waals surface area contributed by atoms with Crippen LogP contribution < -0.4 is 0 Å². The lowest BCUT2D eigenvalue weighted by molar-refractivity contribution is -0.183. The van der Waals surface area contributed by atoms with E-state index in [0.717, 1.165) is 38.0 Å². The highest BCUT2D eigenvalue weighted by atomic mass is 16.5. The van der Waals surface area contributed by atoms with Gasteiger partial charge >= 0.3 is 0 Å². The number of likely N-dealkylation sites (tertiary alicyclic amines) is 1. The Bertz CT molecular complexity index is 588. The van der Waals surface area contributed by atoms with Crippen molar-refractivity contribution in [3.8, 4) is 0 Å². The lowest BCUT2D eigenvalue weighted by Gasteiger charge is -2.48. The first-order chi connectivity index (χ1) is 11.5. The number of carbonyl (C=O) groups is 1. The fourth-order valence-electron chi connectivity index (χ4n) is 3.99. The SMILES string of the molecule is CO[C@@H]1CCCOC12CCN(C(=O)c1c(C(C)C)noc1C)CC2. The second kappa shape index (κ2) is 6.84. The number of aryl methyl sites for hydroxylation is 1. The van der Waals surface area contributed by atoms with Gasteiger partial charge in [0.15, 0.2) is 0 Å². The summed E-state index contributed by atoms with van der Waals surface area (Å²) in [6.45, 7) is 8.01. The van der Waals surface area contributed by atoms with Gasteiger partial charge in [-0.3, -0.25) is 4.79 Å². The highest BCUT2D eigenvalue weighted by Gasteiger charge is 2.45. The van der Waals surface area contributed by atoms with E-state index in [-0.39, 0.29) is 23.5 Å². The van der Waals surface area contributed by atoms with E-state index in [1.165, 1.54) is 0 Å². The van der Waals surface area contributed by atoms with Crippen molar-refractivity contribution in [1.82, 2.24) is 10.1 Å². The summed E-state index contributed by atoms with van der Waals surface area (Å²) in [6.07, 6.45) is 3.84. The topological polar surface area (TPSA) is 64.8 Å². The molecular formula is C18H28N2O4. The van der Waals surface area contributed by atoms with Crippen molar-refractivity contribution in [1.29, 1.82) is 0 Å². The number of hydrogen-bond acceptors (Lipinski definition) is 5. The molecule has 0 saturated carbocycles. The van der Waals surface area contributed by atoms with Crippen molar-refractivity contribution in [2.75, 3.05) is 26.8 Å². The van der Waals surface area contributed by atoms with Crippen LogP contribution in [0.2, 0.25) is 0 Å². The van der Waals surface area contributed by atoms with E-state index < -0.39 is 0 Å². The molecule has 0 aliphatic carbocycles. The summed E-state index contributed by atoms with van der Waals surface area (Å²) < 4.78 is 17.1. The number of carbonyl (C=O) groups excluding carboxylic acids is 1. The molecule has 0 radical (unpaired) electrons. The van der Waals surface area contributed by atoms with Crippen LogP contribution in [0.4, 0.5) is 0 Å². The summed E-state index contributed by atoms with van der Waals surface area (Å²) in [6, 6.07) is 0. The van der Waals surface area contributed by atoms with Crippen LogP contribution in [0.1, 0.15) is 67.3 Å². The fraction of sp³-hybridized carbons (Fsp3) is 0.778. The summed E-state index contributed by atoms with van der Waals surface area (Å²) in [5.41, 5.74) is 1.16. The maximum absolute atomic E-state index is 13.0. The van der Waals surface area contributed by atoms with E-state index in [1.807, 2.05) is 25.7 Å². The highest BCUT2D eigenvalue weighted by Crippen LogP contribution is 2.37. The number of hydrogen-bond donors (Lipinski definition) is 0. The molecule has 1 aromatic rings. The zero-order valence-electron chi connectivity index (χ0n) is 15.1. The first-order valence-electron chi connectivity index (χ1n) is 8.90. The quantitative estimate of drug-likeness (QED) is 0.849. The van der Waals surface area contributed by atoms with Gasteiger partial charge in [0.05, 0.1) is 17.4 Å². The third-order valence-electron chi connectivity index (χ3n) is 5.42. The minimum absolute atomic E-state index is 0.0251. The number of piperidine rings is 1. The maximum Gasteiger partial charge on any atom is 0.259 e. The molecular weight excluding hydrogens is 308 g/mol. The molecule has 6 heteroatoms. The van der Waals surface area contributed by atoms with E-state index in [4.69, 9.17) is 14.0 Å². The zero-order valence-corrected chi connectivity index (χ0v) is 15.1. The molecule has 1 amide bonds. The van der Waals surface area contributed by atoms with Crippen molar-refractivity contribution in [3.05, 3.63) is 17.0 Å². The molecule has 2 aliphatic rings. The molecule has 1 spiro atoms. The van der Waals surface area contributed by atoms with E-state index in [2.05, 4.69) is 5.16 Å². The number of methoxy groups -OCH3 is 1. The van der Waals surface area contributed by atoms with Gasteiger partial charge in [0.2, 0.25) is 0 Å². The molecule has 2 saturated heterocycles. The molecule has 1 aromatic heterocycles. The maximum atomic E-state index is 13.0. The van der Waals surface area contributed by atoms with Gasteiger partial charge in [0.1, 0.15) is 11.3 Å². The number of rotatable bonds is 3. The van der Waals surface area contributed by atoms with Crippen LogP contribution in [0.3, 0.4) is 0 Å². The van der Waals surface area contributed by atoms with E-state index in [9.17, 15) is 4.79 Å². The van der Waals surface area contributed by atoms with Crippen molar-refractivity contribution < 1.29 is 18.8 Å². The Morgan fingerprint density at radius 2 is 2.08 bits per heavy atom. The largest absolute Gasteiger partial charge is 0.378 e. The Hall–Kier alpha value is -1.40. The predicted octanol–water partition coefficient (Wildman–Crippen LogP) is 2.91. The van der Waals surface area contributed by atoms with Crippen LogP contribution in [-0.4, -0.2) is 54.5 Å². The van der Waals surface area contributed by atoms with Gasteiger partial charge in [-0.15, -0.1) is 0 Å². The highest BCUT2D eigenvalue weighted by molar-refractivity contribution is 5.96. The number of aromatic nitrogens is 1. The van der Waals surface area contributed by atoms with E-state index >= 15 is 0 Å². The van der Waals surface area contributed by atoms with Gasteiger partial charge in [-0.25, -0.2) is 0 Å². The normalized spacial score (nSPS) is 23.9. The Labute approximate surface area is 143 Å². The molecule has 6 nitrogen and oxygen atoms in total. The lowest BCUT2D eigenvalue weighted by atomic mass is 9.81. The number of amides is 1.